The van der Waals surface area contributed by atoms with Gasteiger partial charge in [-0.25, -0.2) is 4.98 Å². The van der Waals surface area contributed by atoms with Gasteiger partial charge in [0, 0.05) is 24.6 Å². The molecule has 1 heterocycles. The number of hydrogen-bond acceptors (Lipinski definition) is 2. The number of aromatic nitrogens is 1. The van der Waals surface area contributed by atoms with Gasteiger partial charge < -0.3 is 4.90 Å². The highest BCUT2D eigenvalue weighted by atomic mass is 79.9. The third-order valence-electron chi connectivity index (χ3n) is 2.18. The quantitative estimate of drug-likeness (QED) is 0.784. The first kappa shape index (κ1) is 13.5. The molecule has 0 bridgehead atoms. The number of carbonyl (C=O) groups is 1. The van der Waals surface area contributed by atoms with Gasteiger partial charge in [0.1, 0.15) is 5.69 Å². The SMILES string of the molecule is CCN(CCCBr)C(=O)c1ccc(Cl)cn1. The minimum atomic E-state index is -0.0416. The van der Waals surface area contributed by atoms with Crippen molar-refractivity contribution in [1.29, 1.82) is 0 Å². The molecule has 0 saturated heterocycles. The highest BCUT2D eigenvalue weighted by molar-refractivity contribution is 9.09. The van der Waals surface area contributed by atoms with E-state index >= 15 is 0 Å². The molecule has 0 N–H and O–H groups in total. The van der Waals surface area contributed by atoms with Crippen LogP contribution >= 0.6 is 27.5 Å². The van der Waals surface area contributed by atoms with Crippen molar-refractivity contribution in [1.82, 2.24) is 9.88 Å². The zero-order valence-electron chi connectivity index (χ0n) is 9.12. The van der Waals surface area contributed by atoms with E-state index < -0.39 is 0 Å². The topological polar surface area (TPSA) is 33.2 Å². The van der Waals surface area contributed by atoms with Crippen molar-refractivity contribution >= 4 is 33.4 Å². The Kier molecular flexibility index (Phi) is 5.77. The fraction of sp³-hybridized carbons (Fsp3) is 0.455. The van der Waals surface area contributed by atoms with Crippen molar-refractivity contribution < 1.29 is 4.79 Å². The van der Waals surface area contributed by atoms with Crippen molar-refractivity contribution in [2.45, 2.75) is 13.3 Å². The summed E-state index contributed by atoms with van der Waals surface area (Å²) in [5.41, 5.74) is 0.445. The summed E-state index contributed by atoms with van der Waals surface area (Å²) in [6, 6.07) is 3.33. The maximum Gasteiger partial charge on any atom is 0.272 e. The predicted octanol–water partition coefficient (Wildman–Crippen LogP) is 2.98. The van der Waals surface area contributed by atoms with Crippen LogP contribution in [0.5, 0.6) is 0 Å². The number of rotatable bonds is 5. The van der Waals surface area contributed by atoms with Crippen LogP contribution in [-0.2, 0) is 0 Å². The van der Waals surface area contributed by atoms with E-state index in [2.05, 4.69) is 20.9 Å². The third kappa shape index (κ3) is 3.76. The van der Waals surface area contributed by atoms with Crippen LogP contribution in [0, 0.1) is 0 Å². The number of nitrogens with zero attached hydrogens (tertiary/aromatic N) is 2. The lowest BCUT2D eigenvalue weighted by molar-refractivity contribution is 0.0759. The fourth-order valence-corrected chi connectivity index (χ4v) is 1.68. The van der Waals surface area contributed by atoms with E-state index in [1.807, 2.05) is 6.92 Å². The number of carbonyl (C=O) groups excluding carboxylic acids is 1. The van der Waals surface area contributed by atoms with Gasteiger partial charge in [-0.2, -0.15) is 0 Å². The number of pyridine rings is 1. The van der Waals surface area contributed by atoms with Crippen LogP contribution in [0.1, 0.15) is 23.8 Å². The highest BCUT2D eigenvalue weighted by Crippen LogP contribution is 2.08. The molecule has 0 aliphatic rings. The summed E-state index contributed by atoms with van der Waals surface area (Å²) in [5.74, 6) is -0.0416. The molecule has 0 saturated carbocycles. The van der Waals surface area contributed by atoms with E-state index in [4.69, 9.17) is 11.6 Å². The number of amides is 1. The van der Waals surface area contributed by atoms with Crippen LogP contribution in [0.15, 0.2) is 18.3 Å². The number of hydrogen-bond donors (Lipinski definition) is 0. The van der Waals surface area contributed by atoms with Crippen LogP contribution in [-0.4, -0.2) is 34.2 Å². The number of alkyl halides is 1. The molecular formula is C11H14BrClN2O. The van der Waals surface area contributed by atoms with Gasteiger partial charge in [0.05, 0.1) is 5.02 Å². The molecule has 5 heteroatoms. The molecule has 0 radical (unpaired) electrons. The minimum Gasteiger partial charge on any atom is -0.338 e. The average Bonchev–Trinajstić information content (AvgIpc) is 2.30. The summed E-state index contributed by atoms with van der Waals surface area (Å²) in [4.78, 5) is 17.8. The molecule has 0 fully saturated rings. The van der Waals surface area contributed by atoms with Gasteiger partial charge in [-0.1, -0.05) is 27.5 Å². The maximum atomic E-state index is 12.0. The summed E-state index contributed by atoms with van der Waals surface area (Å²) in [5, 5.41) is 1.44. The zero-order chi connectivity index (χ0) is 12.0. The number of halogens is 2. The monoisotopic (exact) mass is 304 g/mol. The molecule has 1 amide bonds. The Bertz CT molecular complexity index is 342. The van der Waals surface area contributed by atoms with Crippen molar-refractivity contribution in [2.24, 2.45) is 0 Å². The van der Waals surface area contributed by atoms with Crippen molar-refractivity contribution in [3.05, 3.63) is 29.0 Å². The molecule has 3 nitrogen and oxygen atoms in total. The molecule has 0 aliphatic heterocycles. The van der Waals surface area contributed by atoms with Gasteiger partial charge in [-0.05, 0) is 25.5 Å². The zero-order valence-corrected chi connectivity index (χ0v) is 11.5. The average molecular weight is 306 g/mol. The van der Waals surface area contributed by atoms with Crippen LogP contribution in [0.4, 0.5) is 0 Å². The van der Waals surface area contributed by atoms with Gasteiger partial charge in [0.25, 0.3) is 5.91 Å². The maximum absolute atomic E-state index is 12.0. The van der Waals surface area contributed by atoms with E-state index in [-0.39, 0.29) is 5.91 Å². The smallest absolute Gasteiger partial charge is 0.272 e. The lowest BCUT2D eigenvalue weighted by Gasteiger charge is -2.19. The van der Waals surface area contributed by atoms with Gasteiger partial charge >= 0.3 is 0 Å². The van der Waals surface area contributed by atoms with Crippen LogP contribution in [0.2, 0.25) is 5.02 Å². The third-order valence-corrected chi connectivity index (χ3v) is 2.96. The molecule has 0 aromatic carbocycles. The van der Waals surface area contributed by atoms with Crippen LogP contribution in [0.25, 0.3) is 0 Å². The Morgan fingerprint density at radius 2 is 2.31 bits per heavy atom. The Morgan fingerprint density at radius 1 is 1.56 bits per heavy atom. The lowest BCUT2D eigenvalue weighted by atomic mass is 10.3. The molecule has 0 spiro atoms. The predicted molar refractivity (Wildman–Crippen MR) is 69.2 cm³/mol. The molecule has 1 aromatic heterocycles. The Balaban J connectivity index is 2.70. The van der Waals surface area contributed by atoms with Gasteiger partial charge in [-0.15, -0.1) is 0 Å². The fourth-order valence-electron chi connectivity index (χ4n) is 1.32. The van der Waals surface area contributed by atoms with Crippen LogP contribution in [0.3, 0.4) is 0 Å². The van der Waals surface area contributed by atoms with Gasteiger partial charge in [-0.3, -0.25) is 4.79 Å². The molecule has 16 heavy (non-hydrogen) atoms. The summed E-state index contributed by atoms with van der Waals surface area (Å²) in [6.45, 7) is 3.39. The van der Waals surface area contributed by atoms with E-state index in [1.165, 1.54) is 6.20 Å². The summed E-state index contributed by atoms with van der Waals surface area (Å²) >= 11 is 9.07. The summed E-state index contributed by atoms with van der Waals surface area (Å²) in [7, 11) is 0. The van der Waals surface area contributed by atoms with Gasteiger partial charge in [0.15, 0.2) is 0 Å². The molecule has 0 aliphatic carbocycles. The Morgan fingerprint density at radius 3 is 2.81 bits per heavy atom. The normalized spacial score (nSPS) is 10.2. The van der Waals surface area contributed by atoms with E-state index in [0.29, 0.717) is 17.3 Å². The molecule has 0 unspecified atom stereocenters. The lowest BCUT2D eigenvalue weighted by Crippen LogP contribution is -2.32. The second-order valence-corrected chi connectivity index (χ2v) is 4.52. The van der Waals surface area contributed by atoms with E-state index in [0.717, 1.165) is 18.3 Å². The van der Waals surface area contributed by atoms with Crippen molar-refractivity contribution in [2.75, 3.05) is 18.4 Å². The first-order chi connectivity index (χ1) is 7.69. The molecule has 88 valence electrons. The van der Waals surface area contributed by atoms with Crippen molar-refractivity contribution in [3.63, 3.8) is 0 Å². The summed E-state index contributed by atoms with van der Waals surface area (Å²) in [6.07, 6.45) is 2.43. The Hall–Kier alpha value is -0.610. The largest absolute Gasteiger partial charge is 0.338 e. The van der Waals surface area contributed by atoms with E-state index in [1.54, 1.807) is 17.0 Å². The molecular weight excluding hydrogens is 291 g/mol. The second-order valence-electron chi connectivity index (χ2n) is 3.29. The van der Waals surface area contributed by atoms with Gasteiger partial charge in [0.2, 0.25) is 0 Å². The first-order valence-corrected chi connectivity index (χ1v) is 6.65. The summed E-state index contributed by atoms with van der Waals surface area (Å²) < 4.78 is 0. The second kappa shape index (κ2) is 6.86. The molecule has 1 rings (SSSR count). The Labute approximate surface area is 109 Å². The highest BCUT2D eigenvalue weighted by Gasteiger charge is 2.14. The van der Waals surface area contributed by atoms with E-state index in [9.17, 15) is 4.79 Å². The minimum absolute atomic E-state index is 0.0416. The van der Waals surface area contributed by atoms with Crippen LogP contribution < -0.4 is 0 Å². The van der Waals surface area contributed by atoms with Crippen molar-refractivity contribution in [3.8, 4) is 0 Å². The molecule has 0 atom stereocenters. The molecule has 1 aromatic rings. The first-order valence-electron chi connectivity index (χ1n) is 5.15. The standard InChI is InChI=1S/C11H14BrClN2O/c1-2-15(7-3-6-12)11(16)10-5-4-9(13)8-14-10/h4-5,8H,2-3,6-7H2,1H3.